The Kier molecular flexibility index (Phi) is 5.91. The van der Waals surface area contributed by atoms with Crippen molar-refractivity contribution in [2.45, 2.75) is 25.8 Å². The van der Waals surface area contributed by atoms with Gasteiger partial charge in [0.2, 0.25) is 0 Å². The molecule has 140 valence electrons. The zero-order valence-electron chi connectivity index (χ0n) is 15.6. The summed E-state index contributed by atoms with van der Waals surface area (Å²) in [5.41, 5.74) is 1.86. The molecular weight excluding hydrogens is 340 g/mol. The molecule has 1 N–H and O–H groups in total. The van der Waals surface area contributed by atoms with E-state index in [1.165, 1.54) is 11.6 Å². The van der Waals surface area contributed by atoms with Crippen molar-refractivity contribution < 1.29 is 9.53 Å². The van der Waals surface area contributed by atoms with Gasteiger partial charge in [-0.2, -0.15) is 0 Å². The lowest BCUT2D eigenvalue weighted by molar-refractivity contribution is -0.123. The van der Waals surface area contributed by atoms with E-state index in [0.29, 0.717) is 5.75 Å². The van der Waals surface area contributed by atoms with Crippen LogP contribution >= 0.6 is 0 Å². The Bertz CT molecular complexity index is 980. The average Bonchev–Trinajstić information content (AvgIpc) is 2.69. The van der Waals surface area contributed by atoms with Crippen LogP contribution in [0, 0.1) is 0 Å². The van der Waals surface area contributed by atoms with Gasteiger partial charge < -0.3 is 14.6 Å². The molecule has 0 aliphatic rings. The summed E-state index contributed by atoms with van der Waals surface area (Å²) in [5, 5.41) is 3.76. The Morgan fingerprint density at radius 1 is 1.11 bits per heavy atom. The summed E-state index contributed by atoms with van der Waals surface area (Å²) in [6.07, 6.45) is 1.76. The van der Waals surface area contributed by atoms with Crippen LogP contribution in [-0.2, 0) is 18.3 Å². The van der Waals surface area contributed by atoms with Crippen molar-refractivity contribution in [2.75, 3.05) is 6.61 Å². The molecule has 27 heavy (non-hydrogen) atoms. The summed E-state index contributed by atoms with van der Waals surface area (Å²) < 4.78 is 7.22. The highest BCUT2D eigenvalue weighted by atomic mass is 16.5. The number of hydrogen-bond donors (Lipinski definition) is 1. The van der Waals surface area contributed by atoms with Gasteiger partial charge in [0, 0.05) is 24.5 Å². The number of carbonyl (C=O) groups excluding carboxylic acids is 1. The number of carbonyl (C=O) groups is 1. The summed E-state index contributed by atoms with van der Waals surface area (Å²) in [4.78, 5) is 24.3. The molecule has 1 aromatic heterocycles. The molecule has 1 unspecified atom stereocenters. The molecule has 5 heteroatoms. The van der Waals surface area contributed by atoms with E-state index in [2.05, 4.69) is 17.4 Å². The summed E-state index contributed by atoms with van der Waals surface area (Å²) in [7, 11) is 1.72. The Labute approximate surface area is 158 Å². The number of benzene rings is 2. The highest BCUT2D eigenvalue weighted by molar-refractivity contribution is 5.86. The van der Waals surface area contributed by atoms with E-state index in [0.717, 1.165) is 23.7 Å². The fourth-order valence-electron chi connectivity index (χ4n) is 3.06. The molecule has 0 radical (unpaired) electrons. The topological polar surface area (TPSA) is 60.3 Å². The molecule has 0 fully saturated rings. The average molecular weight is 364 g/mol. The number of fused-ring (bicyclic) bond motifs is 1. The van der Waals surface area contributed by atoms with Gasteiger partial charge in [-0.15, -0.1) is 0 Å². The Balaban J connectivity index is 1.57. The smallest absolute Gasteiger partial charge is 0.258 e. The molecule has 1 amide bonds. The van der Waals surface area contributed by atoms with Gasteiger partial charge in [0.05, 0.1) is 5.52 Å². The molecule has 1 heterocycles. The number of ether oxygens (including phenoxy) is 1. The lowest BCUT2D eigenvalue weighted by Gasteiger charge is -2.15. The molecule has 0 aliphatic heterocycles. The molecule has 1 atom stereocenters. The van der Waals surface area contributed by atoms with Gasteiger partial charge in [-0.05, 0) is 37.5 Å². The maximum Gasteiger partial charge on any atom is 0.258 e. The number of nitrogens with one attached hydrogen (secondary N) is 1. The first-order valence-electron chi connectivity index (χ1n) is 9.09. The van der Waals surface area contributed by atoms with Crippen LogP contribution in [0.4, 0.5) is 0 Å². The maximum absolute atomic E-state index is 12.2. The number of pyridine rings is 1. The predicted octanol–water partition coefficient (Wildman–Crippen LogP) is 3.05. The fraction of sp³-hybridized carbons (Fsp3) is 0.273. The molecule has 0 spiro atoms. The second-order valence-corrected chi connectivity index (χ2v) is 6.70. The van der Waals surface area contributed by atoms with Crippen LogP contribution < -0.4 is 15.6 Å². The molecule has 0 aliphatic carbocycles. The number of para-hydroxylation sites is 1. The molecule has 2 aromatic carbocycles. The van der Waals surface area contributed by atoms with E-state index in [1.54, 1.807) is 11.6 Å². The van der Waals surface area contributed by atoms with Crippen LogP contribution in [0.2, 0.25) is 0 Å². The Morgan fingerprint density at radius 2 is 1.81 bits per heavy atom. The monoisotopic (exact) mass is 364 g/mol. The van der Waals surface area contributed by atoms with E-state index >= 15 is 0 Å². The standard InChI is InChI=1S/C22H24N2O3/c1-16(12-13-17-8-4-3-5-9-17)23-21(25)15-27-20-14-22(26)24(2)19-11-7-6-10-18(19)20/h3-11,14,16H,12-13,15H2,1-2H3,(H,23,25). The van der Waals surface area contributed by atoms with Crippen LogP contribution in [0.25, 0.3) is 10.9 Å². The van der Waals surface area contributed by atoms with Crippen molar-refractivity contribution in [1.82, 2.24) is 9.88 Å². The van der Waals surface area contributed by atoms with Crippen LogP contribution in [0.15, 0.2) is 65.5 Å². The minimum Gasteiger partial charge on any atom is -0.483 e. The van der Waals surface area contributed by atoms with E-state index < -0.39 is 0 Å². The fourth-order valence-corrected chi connectivity index (χ4v) is 3.06. The van der Waals surface area contributed by atoms with Crippen LogP contribution in [0.5, 0.6) is 5.75 Å². The van der Waals surface area contributed by atoms with Crippen molar-refractivity contribution in [3.8, 4) is 5.75 Å². The number of amides is 1. The first kappa shape index (κ1) is 18.7. The lowest BCUT2D eigenvalue weighted by Crippen LogP contribution is -2.36. The van der Waals surface area contributed by atoms with Crippen LogP contribution in [-0.4, -0.2) is 23.1 Å². The molecule has 0 saturated carbocycles. The SMILES string of the molecule is CC(CCc1ccccc1)NC(=O)COc1cc(=O)n(C)c2ccccc12. The molecule has 5 nitrogen and oxygen atoms in total. The number of rotatable bonds is 7. The first-order chi connectivity index (χ1) is 13.0. The minimum absolute atomic E-state index is 0.0432. The Morgan fingerprint density at radius 3 is 2.59 bits per heavy atom. The van der Waals surface area contributed by atoms with Crippen molar-refractivity contribution >= 4 is 16.8 Å². The quantitative estimate of drug-likeness (QED) is 0.701. The summed E-state index contributed by atoms with van der Waals surface area (Å²) in [6.45, 7) is 1.86. The second kappa shape index (κ2) is 8.54. The number of hydrogen-bond acceptors (Lipinski definition) is 3. The predicted molar refractivity (Wildman–Crippen MR) is 107 cm³/mol. The lowest BCUT2D eigenvalue weighted by atomic mass is 10.1. The van der Waals surface area contributed by atoms with E-state index in [1.807, 2.05) is 49.4 Å². The van der Waals surface area contributed by atoms with Gasteiger partial charge in [0.15, 0.2) is 6.61 Å². The molecule has 3 aromatic rings. The van der Waals surface area contributed by atoms with Gasteiger partial charge in [-0.3, -0.25) is 9.59 Å². The third-order valence-corrected chi connectivity index (χ3v) is 4.59. The van der Waals surface area contributed by atoms with E-state index in [-0.39, 0.29) is 24.1 Å². The Hall–Kier alpha value is -3.08. The third kappa shape index (κ3) is 4.76. The van der Waals surface area contributed by atoms with Gasteiger partial charge in [-0.1, -0.05) is 42.5 Å². The summed E-state index contributed by atoms with van der Waals surface area (Å²) in [5.74, 6) is 0.237. The van der Waals surface area contributed by atoms with Crippen LogP contribution in [0.1, 0.15) is 18.9 Å². The van der Waals surface area contributed by atoms with Gasteiger partial charge >= 0.3 is 0 Å². The number of aryl methyl sites for hydroxylation is 2. The molecule has 0 saturated heterocycles. The zero-order valence-corrected chi connectivity index (χ0v) is 15.6. The summed E-state index contributed by atoms with van der Waals surface area (Å²) >= 11 is 0. The van der Waals surface area contributed by atoms with Gasteiger partial charge in [-0.25, -0.2) is 0 Å². The normalized spacial score (nSPS) is 11.9. The van der Waals surface area contributed by atoms with Crippen molar-refractivity contribution in [2.24, 2.45) is 7.05 Å². The van der Waals surface area contributed by atoms with Gasteiger partial charge in [0.25, 0.3) is 11.5 Å². The second-order valence-electron chi connectivity index (χ2n) is 6.70. The molecular formula is C22H24N2O3. The summed E-state index contributed by atoms with van der Waals surface area (Å²) in [6, 6.07) is 19.1. The van der Waals surface area contributed by atoms with Crippen molar-refractivity contribution in [1.29, 1.82) is 0 Å². The van der Waals surface area contributed by atoms with E-state index in [9.17, 15) is 9.59 Å². The molecule has 3 rings (SSSR count). The highest BCUT2D eigenvalue weighted by Gasteiger charge is 2.11. The largest absolute Gasteiger partial charge is 0.483 e. The first-order valence-corrected chi connectivity index (χ1v) is 9.09. The van der Waals surface area contributed by atoms with Crippen LogP contribution in [0.3, 0.4) is 0 Å². The zero-order chi connectivity index (χ0) is 19.2. The maximum atomic E-state index is 12.2. The van der Waals surface area contributed by atoms with E-state index in [4.69, 9.17) is 4.74 Å². The number of nitrogens with zero attached hydrogens (tertiary/aromatic N) is 1. The minimum atomic E-state index is -0.194. The highest BCUT2D eigenvalue weighted by Crippen LogP contribution is 2.22. The van der Waals surface area contributed by atoms with Gasteiger partial charge in [0.1, 0.15) is 5.75 Å². The number of aromatic nitrogens is 1. The van der Waals surface area contributed by atoms with Crippen molar-refractivity contribution in [3.05, 3.63) is 76.6 Å². The van der Waals surface area contributed by atoms with Crippen molar-refractivity contribution in [3.63, 3.8) is 0 Å². The molecule has 0 bridgehead atoms. The third-order valence-electron chi connectivity index (χ3n) is 4.59.